The van der Waals surface area contributed by atoms with Crippen molar-refractivity contribution in [3.63, 3.8) is 0 Å². The van der Waals surface area contributed by atoms with Crippen molar-refractivity contribution in [2.45, 2.75) is 35.4 Å². The number of aryl methyl sites for hydroxylation is 1. The molecular formula is C22H20ClF3N4O3S2. The van der Waals surface area contributed by atoms with Crippen LogP contribution in [0.5, 0.6) is 0 Å². The number of hydrogen-bond donors (Lipinski definition) is 1. The van der Waals surface area contributed by atoms with Crippen LogP contribution in [0.25, 0.3) is 0 Å². The van der Waals surface area contributed by atoms with Gasteiger partial charge in [0.05, 0.1) is 26.9 Å². The predicted octanol–water partition coefficient (Wildman–Crippen LogP) is 5.15. The van der Waals surface area contributed by atoms with Crippen molar-refractivity contribution >= 4 is 44.8 Å². The molecule has 0 saturated heterocycles. The third-order valence-electron chi connectivity index (χ3n) is 4.70. The molecular weight excluding hydrogens is 525 g/mol. The maximum Gasteiger partial charge on any atom is 0.416 e. The van der Waals surface area contributed by atoms with Gasteiger partial charge in [0.2, 0.25) is 5.91 Å². The first-order valence-electron chi connectivity index (χ1n) is 10.0. The summed E-state index contributed by atoms with van der Waals surface area (Å²) in [5.74, 6) is -1.11. The molecule has 0 spiro atoms. The van der Waals surface area contributed by atoms with E-state index in [1.165, 1.54) is 22.8 Å². The molecule has 0 bridgehead atoms. The van der Waals surface area contributed by atoms with Crippen molar-refractivity contribution in [1.29, 1.82) is 0 Å². The highest BCUT2D eigenvalue weighted by Crippen LogP contribution is 2.34. The van der Waals surface area contributed by atoms with Crippen LogP contribution < -0.4 is 5.32 Å². The minimum atomic E-state index is -4.59. The Labute approximate surface area is 209 Å². The number of nitrogens with zero attached hydrogens (tertiary/aromatic N) is 3. The molecule has 0 aliphatic rings. The van der Waals surface area contributed by atoms with Crippen molar-refractivity contribution in [1.82, 2.24) is 14.8 Å². The summed E-state index contributed by atoms with van der Waals surface area (Å²) in [5, 5.41) is 10.5. The summed E-state index contributed by atoms with van der Waals surface area (Å²) >= 11 is 6.86. The number of nitrogens with one attached hydrogen (secondary N) is 1. The first kappa shape index (κ1) is 26.8. The lowest BCUT2D eigenvalue weighted by atomic mass is 10.2. The van der Waals surface area contributed by atoms with Crippen LogP contribution in [0.4, 0.5) is 18.9 Å². The molecule has 3 aromatic rings. The molecule has 186 valence electrons. The second-order valence-electron chi connectivity index (χ2n) is 7.40. The summed E-state index contributed by atoms with van der Waals surface area (Å²) in [7, 11) is -3.70. The van der Waals surface area contributed by atoms with Crippen molar-refractivity contribution in [3.05, 3.63) is 77.1 Å². The molecule has 1 amide bonds. The molecule has 0 aliphatic carbocycles. The molecule has 1 aromatic heterocycles. The van der Waals surface area contributed by atoms with E-state index in [-0.39, 0.29) is 38.9 Å². The minimum Gasteiger partial charge on any atom is -0.324 e. The van der Waals surface area contributed by atoms with E-state index in [4.69, 9.17) is 11.6 Å². The number of sulfone groups is 1. The number of amides is 1. The number of benzene rings is 2. The predicted molar refractivity (Wildman–Crippen MR) is 128 cm³/mol. The fourth-order valence-corrected chi connectivity index (χ4v) is 5.16. The smallest absolute Gasteiger partial charge is 0.324 e. The Morgan fingerprint density at radius 2 is 1.89 bits per heavy atom. The molecule has 1 heterocycles. The van der Waals surface area contributed by atoms with Gasteiger partial charge in [0.15, 0.2) is 15.0 Å². The van der Waals surface area contributed by atoms with Gasteiger partial charge in [-0.3, -0.25) is 4.79 Å². The molecule has 0 unspecified atom stereocenters. The number of allylic oxidation sites excluding steroid dienone is 1. The fraction of sp³-hybridized carbons (Fsp3) is 0.227. The third-order valence-corrected chi connectivity index (χ3v) is 7.63. The average Bonchev–Trinajstić information content (AvgIpc) is 3.14. The van der Waals surface area contributed by atoms with E-state index in [9.17, 15) is 26.4 Å². The molecule has 3 rings (SSSR count). The zero-order chi connectivity index (χ0) is 25.8. The summed E-state index contributed by atoms with van der Waals surface area (Å²) in [6.45, 7) is 5.68. The second-order valence-corrected chi connectivity index (χ2v) is 10.7. The number of rotatable bonds is 9. The Bertz CT molecular complexity index is 1340. The lowest BCUT2D eigenvalue weighted by Gasteiger charge is -2.12. The van der Waals surface area contributed by atoms with Gasteiger partial charge in [0.1, 0.15) is 11.6 Å². The Balaban J connectivity index is 1.73. The van der Waals surface area contributed by atoms with Gasteiger partial charge in [-0.2, -0.15) is 13.2 Å². The minimum absolute atomic E-state index is 0.0465. The van der Waals surface area contributed by atoms with Crippen molar-refractivity contribution in [2.75, 3.05) is 11.1 Å². The number of aromatic nitrogens is 3. The first-order chi connectivity index (χ1) is 16.4. The van der Waals surface area contributed by atoms with Gasteiger partial charge < -0.3 is 9.88 Å². The Hall–Kier alpha value is -2.83. The number of carbonyl (C=O) groups excluding carboxylic acids is 1. The van der Waals surface area contributed by atoms with Gasteiger partial charge in [-0.1, -0.05) is 47.1 Å². The standard InChI is InChI=1S/C22H20ClF3N4O3S2/c1-3-10-30-19(13-35(32,33)16-7-4-14(2)5-8-16)28-29-21(30)34-12-20(31)27-18-11-15(22(24,25)26)6-9-17(18)23/h3-9,11H,1,10,12-13H2,2H3,(H,27,31). The molecule has 1 N–H and O–H groups in total. The van der Waals surface area contributed by atoms with Gasteiger partial charge in [-0.05, 0) is 37.3 Å². The van der Waals surface area contributed by atoms with Crippen LogP contribution in [-0.4, -0.2) is 34.8 Å². The second kappa shape index (κ2) is 10.8. The zero-order valence-electron chi connectivity index (χ0n) is 18.3. The van der Waals surface area contributed by atoms with E-state index in [1.54, 1.807) is 12.1 Å². The van der Waals surface area contributed by atoms with Crippen molar-refractivity contribution in [2.24, 2.45) is 0 Å². The number of hydrogen-bond acceptors (Lipinski definition) is 6. The van der Waals surface area contributed by atoms with E-state index in [1.807, 2.05) is 6.92 Å². The first-order valence-corrected chi connectivity index (χ1v) is 13.0. The van der Waals surface area contributed by atoms with Gasteiger partial charge in [0.25, 0.3) is 0 Å². The highest BCUT2D eigenvalue weighted by atomic mass is 35.5. The molecule has 0 aliphatic heterocycles. The Kier molecular flexibility index (Phi) is 8.29. The van der Waals surface area contributed by atoms with E-state index < -0.39 is 33.2 Å². The molecule has 2 aromatic carbocycles. The highest BCUT2D eigenvalue weighted by molar-refractivity contribution is 7.99. The van der Waals surface area contributed by atoms with Crippen LogP contribution in [0.3, 0.4) is 0 Å². The molecule has 0 atom stereocenters. The molecule has 35 heavy (non-hydrogen) atoms. The molecule has 7 nitrogen and oxygen atoms in total. The maximum atomic E-state index is 12.9. The van der Waals surface area contributed by atoms with Crippen molar-refractivity contribution in [3.8, 4) is 0 Å². The zero-order valence-corrected chi connectivity index (χ0v) is 20.7. The Morgan fingerprint density at radius 3 is 2.51 bits per heavy atom. The third kappa shape index (κ3) is 6.86. The fourth-order valence-electron chi connectivity index (χ4n) is 2.96. The number of alkyl halides is 3. The lowest BCUT2D eigenvalue weighted by Crippen LogP contribution is -2.16. The lowest BCUT2D eigenvalue weighted by molar-refractivity contribution is -0.137. The van der Waals surface area contributed by atoms with Gasteiger partial charge in [0, 0.05) is 6.54 Å². The summed E-state index contributed by atoms with van der Waals surface area (Å²) in [4.78, 5) is 12.5. The van der Waals surface area contributed by atoms with E-state index in [0.29, 0.717) is 0 Å². The van der Waals surface area contributed by atoms with Gasteiger partial charge in [-0.25, -0.2) is 8.42 Å². The van der Waals surface area contributed by atoms with Crippen LogP contribution in [0.2, 0.25) is 5.02 Å². The number of anilines is 1. The van der Waals surface area contributed by atoms with Gasteiger partial charge in [-0.15, -0.1) is 16.8 Å². The summed E-state index contributed by atoms with van der Waals surface area (Å²) in [6, 6.07) is 9.02. The summed E-state index contributed by atoms with van der Waals surface area (Å²) in [5.41, 5.74) is -0.207. The monoisotopic (exact) mass is 544 g/mol. The molecule has 0 fully saturated rings. The topological polar surface area (TPSA) is 93.9 Å². The normalized spacial score (nSPS) is 11.9. The summed E-state index contributed by atoms with van der Waals surface area (Å²) in [6.07, 6.45) is -3.06. The van der Waals surface area contributed by atoms with Crippen LogP contribution in [0.15, 0.2) is 65.2 Å². The van der Waals surface area contributed by atoms with Crippen LogP contribution in [0, 0.1) is 6.92 Å². The van der Waals surface area contributed by atoms with Crippen LogP contribution in [-0.2, 0) is 33.1 Å². The largest absolute Gasteiger partial charge is 0.416 e. The van der Waals surface area contributed by atoms with E-state index >= 15 is 0 Å². The maximum absolute atomic E-state index is 12.9. The average molecular weight is 545 g/mol. The van der Waals surface area contributed by atoms with Crippen molar-refractivity contribution < 1.29 is 26.4 Å². The number of carbonyl (C=O) groups is 1. The molecule has 0 radical (unpaired) electrons. The quantitative estimate of drug-likeness (QED) is 0.296. The number of halogens is 4. The Morgan fingerprint density at radius 1 is 1.20 bits per heavy atom. The van der Waals surface area contributed by atoms with E-state index in [0.717, 1.165) is 35.5 Å². The SMILES string of the molecule is C=CCn1c(CS(=O)(=O)c2ccc(C)cc2)nnc1SCC(=O)Nc1cc(C(F)(F)F)ccc1Cl. The summed E-state index contributed by atoms with van der Waals surface area (Å²) < 4.78 is 65.9. The van der Waals surface area contributed by atoms with Gasteiger partial charge >= 0.3 is 6.18 Å². The number of thioether (sulfide) groups is 1. The molecule has 0 saturated carbocycles. The highest BCUT2D eigenvalue weighted by Gasteiger charge is 2.31. The van der Waals surface area contributed by atoms with E-state index in [2.05, 4.69) is 22.1 Å². The van der Waals surface area contributed by atoms with Crippen LogP contribution >= 0.6 is 23.4 Å². The molecule has 13 heteroatoms. The van der Waals surface area contributed by atoms with Crippen LogP contribution in [0.1, 0.15) is 17.0 Å².